The standard InChI is InChI=1S/C12H17N6O/c1-16-3-2-11-17(4-5-18(11)16)7-10-6-9(8-19-10)15-12(13)14/h2-3,6,8H,4-5,7H2,1H3,(H4,13,14,15)/q+1. The molecule has 7 nitrogen and oxygen atoms in total. The Morgan fingerprint density at radius 2 is 2.32 bits per heavy atom. The molecular formula is C12H17N6O+. The summed E-state index contributed by atoms with van der Waals surface area (Å²) in [5, 5.41) is 0. The third-order valence-corrected chi connectivity index (χ3v) is 3.24. The second-order valence-electron chi connectivity index (χ2n) is 4.60. The highest BCUT2D eigenvalue weighted by Gasteiger charge is 2.25. The summed E-state index contributed by atoms with van der Waals surface area (Å²) in [6, 6.07) is 3.96. The van der Waals surface area contributed by atoms with E-state index in [2.05, 4.69) is 31.5 Å². The van der Waals surface area contributed by atoms with Crippen LogP contribution in [0.2, 0.25) is 0 Å². The van der Waals surface area contributed by atoms with Crippen LogP contribution in [0.5, 0.6) is 0 Å². The zero-order valence-electron chi connectivity index (χ0n) is 10.8. The molecule has 19 heavy (non-hydrogen) atoms. The molecule has 100 valence electrons. The Hall–Kier alpha value is -2.44. The first-order chi connectivity index (χ1) is 9.13. The molecule has 2 aromatic rings. The summed E-state index contributed by atoms with van der Waals surface area (Å²) in [5.41, 5.74) is 11.3. The average molecular weight is 261 g/mol. The smallest absolute Gasteiger partial charge is 0.197 e. The fourth-order valence-electron chi connectivity index (χ4n) is 2.38. The van der Waals surface area contributed by atoms with Gasteiger partial charge in [0.15, 0.2) is 25.0 Å². The largest absolute Gasteiger partial charge is 0.465 e. The molecule has 1 aliphatic heterocycles. The van der Waals surface area contributed by atoms with Gasteiger partial charge in [-0.15, -0.1) is 9.36 Å². The fraction of sp³-hybridized carbons (Fsp3) is 0.333. The van der Waals surface area contributed by atoms with Crippen molar-refractivity contribution < 1.29 is 9.10 Å². The van der Waals surface area contributed by atoms with Crippen molar-refractivity contribution in [1.82, 2.24) is 4.68 Å². The monoisotopic (exact) mass is 261 g/mol. The summed E-state index contributed by atoms with van der Waals surface area (Å²) in [5.74, 6) is 2.08. The van der Waals surface area contributed by atoms with E-state index in [-0.39, 0.29) is 5.96 Å². The molecule has 2 aromatic heterocycles. The molecule has 0 radical (unpaired) electrons. The highest BCUT2D eigenvalue weighted by atomic mass is 16.3. The maximum absolute atomic E-state index is 5.47. The van der Waals surface area contributed by atoms with Gasteiger partial charge in [0, 0.05) is 12.6 Å². The van der Waals surface area contributed by atoms with Gasteiger partial charge < -0.3 is 20.8 Å². The minimum atomic E-state index is 0.0365. The third-order valence-electron chi connectivity index (χ3n) is 3.24. The van der Waals surface area contributed by atoms with E-state index in [1.165, 1.54) is 5.82 Å². The molecule has 0 saturated carbocycles. The average Bonchev–Trinajstić information content (AvgIpc) is 3.01. The van der Waals surface area contributed by atoms with Crippen molar-refractivity contribution in [2.45, 2.75) is 13.1 Å². The lowest BCUT2D eigenvalue weighted by molar-refractivity contribution is -0.751. The first-order valence-corrected chi connectivity index (χ1v) is 6.11. The number of aromatic nitrogens is 2. The number of furan rings is 1. The number of fused-ring (bicyclic) bond motifs is 1. The Balaban J connectivity index is 1.76. The Morgan fingerprint density at radius 1 is 1.47 bits per heavy atom. The number of hydrogen-bond donors (Lipinski definition) is 2. The van der Waals surface area contributed by atoms with E-state index in [9.17, 15) is 0 Å². The molecule has 3 rings (SSSR count). The van der Waals surface area contributed by atoms with E-state index in [1.54, 1.807) is 6.26 Å². The normalized spacial score (nSPS) is 13.6. The molecular weight excluding hydrogens is 244 g/mol. The highest BCUT2D eigenvalue weighted by molar-refractivity contribution is 5.78. The first-order valence-electron chi connectivity index (χ1n) is 6.11. The summed E-state index contributed by atoms with van der Waals surface area (Å²) < 4.78 is 9.78. The second-order valence-corrected chi connectivity index (χ2v) is 4.60. The van der Waals surface area contributed by atoms with Crippen molar-refractivity contribution >= 4 is 17.5 Å². The number of aryl methyl sites for hydroxylation is 1. The number of anilines is 1. The maximum atomic E-state index is 5.47. The van der Waals surface area contributed by atoms with Gasteiger partial charge in [-0.05, 0) is 0 Å². The van der Waals surface area contributed by atoms with Crippen LogP contribution in [0.4, 0.5) is 11.5 Å². The van der Waals surface area contributed by atoms with Crippen LogP contribution in [0, 0.1) is 0 Å². The van der Waals surface area contributed by atoms with Gasteiger partial charge in [0.1, 0.15) is 17.7 Å². The van der Waals surface area contributed by atoms with Crippen LogP contribution in [-0.4, -0.2) is 17.2 Å². The van der Waals surface area contributed by atoms with E-state index in [1.807, 2.05) is 13.1 Å². The lowest BCUT2D eigenvalue weighted by atomic mass is 10.4. The third kappa shape index (κ3) is 2.14. The number of aliphatic imine (C=N–C) groups is 1. The molecule has 0 saturated heterocycles. The van der Waals surface area contributed by atoms with Crippen LogP contribution < -0.4 is 21.0 Å². The Bertz CT molecular complexity index is 622. The molecule has 0 amide bonds. The van der Waals surface area contributed by atoms with Crippen LogP contribution in [-0.2, 0) is 20.1 Å². The van der Waals surface area contributed by atoms with Gasteiger partial charge in [0.25, 0.3) is 0 Å². The van der Waals surface area contributed by atoms with Crippen LogP contribution in [0.1, 0.15) is 5.76 Å². The number of nitrogens with two attached hydrogens (primary N) is 2. The molecule has 3 heterocycles. The van der Waals surface area contributed by atoms with Crippen molar-refractivity contribution in [3.63, 3.8) is 0 Å². The fourth-order valence-corrected chi connectivity index (χ4v) is 2.38. The summed E-state index contributed by atoms with van der Waals surface area (Å²) in [7, 11) is 2.04. The number of guanidine groups is 1. The lowest BCUT2D eigenvalue weighted by Crippen LogP contribution is -2.37. The Kier molecular flexibility index (Phi) is 2.66. The number of hydrogen-bond acceptors (Lipinski definition) is 3. The molecule has 0 aliphatic carbocycles. The van der Waals surface area contributed by atoms with Gasteiger partial charge >= 0.3 is 0 Å². The predicted octanol–water partition coefficient (Wildman–Crippen LogP) is -0.169. The zero-order chi connectivity index (χ0) is 13.4. The lowest BCUT2D eigenvalue weighted by Gasteiger charge is -2.13. The number of nitrogens with zero attached hydrogens (tertiary/aromatic N) is 4. The van der Waals surface area contributed by atoms with Crippen LogP contribution in [0.3, 0.4) is 0 Å². The summed E-state index contributed by atoms with van der Waals surface area (Å²) in [6.45, 7) is 2.67. The SMILES string of the molecule is C[n+]1ccc2n1CCN2Cc1cc(N=C(N)N)co1. The Labute approximate surface area is 110 Å². The molecule has 0 spiro atoms. The van der Waals surface area contributed by atoms with Crippen LogP contribution in [0.25, 0.3) is 0 Å². The van der Waals surface area contributed by atoms with Gasteiger partial charge in [0.2, 0.25) is 0 Å². The highest BCUT2D eigenvalue weighted by Crippen LogP contribution is 2.24. The van der Waals surface area contributed by atoms with Crippen LogP contribution >= 0.6 is 0 Å². The molecule has 0 unspecified atom stereocenters. The van der Waals surface area contributed by atoms with Crippen molar-refractivity contribution in [2.75, 3.05) is 11.4 Å². The molecule has 1 aliphatic rings. The van der Waals surface area contributed by atoms with Gasteiger partial charge in [-0.1, -0.05) is 0 Å². The molecule has 0 aromatic carbocycles. The van der Waals surface area contributed by atoms with Gasteiger partial charge in [-0.25, -0.2) is 4.99 Å². The summed E-state index contributed by atoms with van der Waals surface area (Å²) >= 11 is 0. The van der Waals surface area contributed by atoms with Crippen molar-refractivity contribution in [3.8, 4) is 0 Å². The first kappa shape index (κ1) is 11.6. The van der Waals surface area contributed by atoms with E-state index in [4.69, 9.17) is 15.9 Å². The molecule has 0 fully saturated rings. The van der Waals surface area contributed by atoms with Crippen molar-refractivity contribution in [3.05, 3.63) is 30.4 Å². The van der Waals surface area contributed by atoms with Crippen molar-refractivity contribution in [2.24, 2.45) is 23.5 Å². The zero-order valence-corrected chi connectivity index (χ0v) is 10.8. The van der Waals surface area contributed by atoms with E-state index in [0.29, 0.717) is 12.2 Å². The van der Waals surface area contributed by atoms with Gasteiger partial charge in [-0.3, -0.25) is 0 Å². The minimum absolute atomic E-state index is 0.0365. The van der Waals surface area contributed by atoms with Gasteiger partial charge in [0.05, 0.1) is 19.2 Å². The van der Waals surface area contributed by atoms with E-state index >= 15 is 0 Å². The number of rotatable bonds is 3. The van der Waals surface area contributed by atoms with Gasteiger partial charge in [-0.2, -0.15) is 0 Å². The molecule has 0 atom stereocenters. The van der Waals surface area contributed by atoms with E-state index < -0.39 is 0 Å². The van der Waals surface area contributed by atoms with Crippen molar-refractivity contribution in [1.29, 1.82) is 0 Å². The quantitative estimate of drug-likeness (QED) is 0.456. The topological polar surface area (TPSA) is 89.6 Å². The van der Waals surface area contributed by atoms with Crippen LogP contribution in [0.15, 0.2) is 34.0 Å². The minimum Gasteiger partial charge on any atom is -0.465 e. The molecule has 7 heteroatoms. The molecule has 4 N–H and O–H groups in total. The maximum Gasteiger partial charge on any atom is 0.197 e. The summed E-state index contributed by atoms with van der Waals surface area (Å²) in [4.78, 5) is 6.22. The predicted molar refractivity (Wildman–Crippen MR) is 70.8 cm³/mol. The van der Waals surface area contributed by atoms with E-state index in [0.717, 1.165) is 18.8 Å². The molecule has 0 bridgehead atoms. The summed E-state index contributed by atoms with van der Waals surface area (Å²) in [6.07, 6.45) is 3.61. The Morgan fingerprint density at radius 3 is 3.11 bits per heavy atom. The second kappa shape index (κ2) is 4.34.